The van der Waals surface area contributed by atoms with Gasteiger partial charge in [0.25, 0.3) is 0 Å². The van der Waals surface area contributed by atoms with Crippen molar-refractivity contribution in [2.45, 2.75) is 13.0 Å². The molecule has 2 heterocycles. The van der Waals surface area contributed by atoms with Crippen LogP contribution in [0, 0.1) is 5.92 Å². The lowest BCUT2D eigenvalue weighted by molar-refractivity contribution is -0.141. The lowest BCUT2D eigenvalue weighted by atomic mass is 10.1. The van der Waals surface area contributed by atoms with Gasteiger partial charge in [-0.1, -0.05) is 5.16 Å². The molecule has 1 atom stereocenters. The number of nitrogens with zero attached hydrogens (tertiary/aromatic N) is 2. The zero-order chi connectivity index (χ0) is 12.3. The maximum Gasteiger partial charge on any atom is 0.317 e. The van der Waals surface area contributed by atoms with Crippen molar-refractivity contribution in [2.75, 3.05) is 13.1 Å². The van der Waals surface area contributed by atoms with Crippen LogP contribution in [-0.2, 0) is 11.3 Å². The summed E-state index contributed by atoms with van der Waals surface area (Å²) in [6.07, 6.45) is 1.94. The molecule has 92 valence electrons. The fourth-order valence-electron chi connectivity index (χ4n) is 1.75. The van der Waals surface area contributed by atoms with Gasteiger partial charge in [0, 0.05) is 19.2 Å². The minimum Gasteiger partial charge on any atom is -0.481 e. The van der Waals surface area contributed by atoms with E-state index in [4.69, 9.17) is 5.11 Å². The minimum absolute atomic E-state index is 0.264. The van der Waals surface area contributed by atoms with E-state index in [1.165, 1.54) is 11.2 Å². The molecule has 1 unspecified atom stereocenters. The number of carboxylic acid groups (broad SMARTS) is 1. The Hall–Kier alpha value is -2.05. The summed E-state index contributed by atoms with van der Waals surface area (Å²) in [6, 6.07) is 1.39. The standard InChI is InChI=1S/C10H13N3O4/c14-9(15)7-1-3-13(6-7)10(16)11-5-8-2-4-17-12-8/h2,4,7H,1,3,5-6H2,(H,11,16)(H,14,15). The second-order valence-corrected chi connectivity index (χ2v) is 3.92. The summed E-state index contributed by atoms with van der Waals surface area (Å²) in [5.74, 6) is -1.30. The molecule has 7 nitrogen and oxygen atoms in total. The third-order valence-corrected chi connectivity index (χ3v) is 2.74. The van der Waals surface area contributed by atoms with E-state index in [-0.39, 0.29) is 19.1 Å². The Balaban J connectivity index is 1.79. The quantitative estimate of drug-likeness (QED) is 0.790. The SMILES string of the molecule is O=C(O)C1CCN(C(=O)NCc2ccon2)C1. The van der Waals surface area contributed by atoms with Crippen molar-refractivity contribution in [1.29, 1.82) is 0 Å². The third-order valence-electron chi connectivity index (χ3n) is 2.74. The van der Waals surface area contributed by atoms with Gasteiger partial charge in [-0.2, -0.15) is 0 Å². The molecule has 17 heavy (non-hydrogen) atoms. The van der Waals surface area contributed by atoms with E-state index in [2.05, 4.69) is 15.0 Å². The van der Waals surface area contributed by atoms with Crippen LogP contribution in [0.1, 0.15) is 12.1 Å². The van der Waals surface area contributed by atoms with Crippen LogP contribution in [0.4, 0.5) is 4.79 Å². The van der Waals surface area contributed by atoms with E-state index in [1.54, 1.807) is 6.07 Å². The molecule has 0 aromatic carbocycles. The van der Waals surface area contributed by atoms with Crippen molar-refractivity contribution in [1.82, 2.24) is 15.4 Å². The van der Waals surface area contributed by atoms with Gasteiger partial charge in [0.2, 0.25) is 0 Å². The molecule has 1 aromatic heterocycles. The van der Waals surface area contributed by atoms with E-state index in [0.717, 1.165) is 0 Å². The van der Waals surface area contributed by atoms with E-state index >= 15 is 0 Å². The summed E-state index contributed by atoms with van der Waals surface area (Å²) in [5.41, 5.74) is 0.632. The molecular formula is C10H13N3O4. The fraction of sp³-hybridized carbons (Fsp3) is 0.500. The van der Waals surface area contributed by atoms with Crippen molar-refractivity contribution in [3.63, 3.8) is 0 Å². The third kappa shape index (κ3) is 2.74. The lowest BCUT2D eigenvalue weighted by Crippen LogP contribution is -2.38. The summed E-state index contributed by atoms with van der Waals surface area (Å²) in [7, 11) is 0. The van der Waals surface area contributed by atoms with Crippen LogP contribution in [0.15, 0.2) is 16.9 Å². The molecule has 0 aliphatic carbocycles. The molecule has 1 aromatic rings. The number of likely N-dealkylation sites (tertiary alicyclic amines) is 1. The van der Waals surface area contributed by atoms with Gasteiger partial charge in [0.05, 0.1) is 12.5 Å². The van der Waals surface area contributed by atoms with Crippen LogP contribution >= 0.6 is 0 Å². The Kier molecular flexibility index (Phi) is 3.27. The molecule has 7 heteroatoms. The van der Waals surface area contributed by atoms with Crippen molar-refractivity contribution < 1.29 is 19.2 Å². The van der Waals surface area contributed by atoms with Gasteiger partial charge in [-0.3, -0.25) is 4.79 Å². The molecule has 1 aliphatic rings. The first kappa shape index (κ1) is 11.4. The summed E-state index contributed by atoms with van der Waals surface area (Å²) in [4.78, 5) is 23.9. The molecular weight excluding hydrogens is 226 g/mol. The number of amides is 2. The molecule has 0 spiro atoms. The molecule has 2 amide bonds. The lowest BCUT2D eigenvalue weighted by Gasteiger charge is -2.15. The fourth-order valence-corrected chi connectivity index (χ4v) is 1.75. The number of hydrogen-bond acceptors (Lipinski definition) is 4. The van der Waals surface area contributed by atoms with Crippen LogP contribution in [0.25, 0.3) is 0 Å². The number of aromatic nitrogens is 1. The Labute approximate surface area is 97.4 Å². The van der Waals surface area contributed by atoms with E-state index < -0.39 is 11.9 Å². The number of aliphatic carboxylic acids is 1. The monoisotopic (exact) mass is 239 g/mol. The molecule has 2 N–H and O–H groups in total. The van der Waals surface area contributed by atoms with E-state index in [9.17, 15) is 9.59 Å². The Morgan fingerprint density at radius 2 is 2.47 bits per heavy atom. The summed E-state index contributed by atoms with van der Waals surface area (Å²) < 4.78 is 4.63. The van der Waals surface area contributed by atoms with Gasteiger partial charge in [0.1, 0.15) is 12.0 Å². The minimum atomic E-state index is -0.850. The smallest absolute Gasteiger partial charge is 0.317 e. The average Bonchev–Trinajstić information content (AvgIpc) is 2.96. The number of carboxylic acids is 1. The van der Waals surface area contributed by atoms with Crippen molar-refractivity contribution >= 4 is 12.0 Å². The van der Waals surface area contributed by atoms with E-state index in [1.807, 2.05) is 0 Å². The molecule has 2 rings (SSSR count). The van der Waals surface area contributed by atoms with Gasteiger partial charge in [-0.05, 0) is 6.42 Å². The van der Waals surface area contributed by atoms with Crippen molar-refractivity contribution in [2.24, 2.45) is 5.92 Å². The van der Waals surface area contributed by atoms with Crippen LogP contribution < -0.4 is 5.32 Å². The zero-order valence-electron chi connectivity index (χ0n) is 9.13. The predicted octanol–water partition coefficient (Wildman–Crippen LogP) is 0.291. The van der Waals surface area contributed by atoms with Crippen LogP contribution in [0.5, 0.6) is 0 Å². The Bertz CT molecular complexity index is 404. The number of rotatable bonds is 3. The van der Waals surface area contributed by atoms with Gasteiger partial charge >= 0.3 is 12.0 Å². The second-order valence-electron chi connectivity index (χ2n) is 3.92. The molecule has 1 fully saturated rings. The first-order valence-electron chi connectivity index (χ1n) is 5.31. The highest BCUT2D eigenvalue weighted by molar-refractivity contribution is 5.77. The van der Waals surface area contributed by atoms with Crippen molar-refractivity contribution in [3.05, 3.63) is 18.0 Å². The first-order chi connectivity index (χ1) is 8.16. The van der Waals surface area contributed by atoms with Crippen LogP contribution in [0.2, 0.25) is 0 Å². The number of nitrogens with one attached hydrogen (secondary N) is 1. The summed E-state index contributed by atoms with van der Waals surface area (Å²) in [5, 5.41) is 15.1. The first-order valence-corrected chi connectivity index (χ1v) is 5.31. The van der Waals surface area contributed by atoms with Gasteiger partial charge in [-0.25, -0.2) is 4.79 Å². The largest absolute Gasteiger partial charge is 0.481 e. The molecule has 0 bridgehead atoms. The predicted molar refractivity (Wildman–Crippen MR) is 56.1 cm³/mol. The highest BCUT2D eigenvalue weighted by Gasteiger charge is 2.30. The zero-order valence-corrected chi connectivity index (χ0v) is 9.13. The van der Waals surface area contributed by atoms with Crippen LogP contribution in [0.3, 0.4) is 0 Å². The topological polar surface area (TPSA) is 95.7 Å². The Morgan fingerprint density at radius 3 is 3.06 bits per heavy atom. The number of carbonyl (C=O) groups excluding carboxylic acids is 1. The maximum absolute atomic E-state index is 11.7. The maximum atomic E-state index is 11.7. The highest BCUT2D eigenvalue weighted by atomic mass is 16.5. The Morgan fingerprint density at radius 1 is 1.65 bits per heavy atom. The highest BCUT2D eigenvalue weighted by Crippen LogP contribution is 2.16. The van der Waals surface area contributed by atoms with Gasteiger partial charge < -0.3 is 19.8 Å². The number of urea groups is 1. The van der Waals surface area contributed by atoms with Gasteiger partial charge in [-0.15, -0.1) is 0 Å². The van der Waals surface area contributed by atoms with Gasteiger partial charge in [0.15, 0.2) is 0 Å². The molecule has 0 saturated carbocycles. The average molecular weight is 239 g/mol. The normalized spacial score (nSPS) is 19.3. The number of carbonyl (C=O) groups is 2. The van der Waals surface area contributed by atoms with Crippen molar-refractivity contribution in [3.8, 4) is 0 Å². The number of hydrogen-bond donors (Lipinski definition) is 2. The van der Waals surface area contributed by atoms with Crippen LogP contribution in [-0.4, -0.2) is 40.3 Å². The molecule has 1 aliphatic heterocycles. The summed E-state index contributed by atoms with van der Waals surface area (Å²) >= 11 is 0. The summed E-state index contributed by atoms with van der Waals surface area (Å²) in [6.45, 7) is 1.02. The molecule has 1 saturated heterocycles. The second kappa shape index (κ2) is 4.86. The molecule has 0 radical (unpaired) electrons. The van der Waals surface area contributed by atoms with E-state index in [0.29, 0.717) is 18.7 Å².